The van der Waals surface area contributed by atoms with Gasteiger partial charge in [-0.25, -0.2) is 4.68 Å². The van der Waals surface area contributed by atoms with E-state index in [-0.39, 0.29) is 0 Å². The first kappa shape index (κ1) is 14.3. The Morgan fingerprint density at radius 3 is 2.67 bits per heavy atom. The highest BCUT2D eigenvalue weighted by atomic mass is 79.9. The van der Waals surface area contributed by atoms with Crippen LogP contribution in [0.3, 0.4) is 0 Å². The molecule has 0 aliphatic carbocycles. The lowest BCUT2D eigenvalue weighted by Crippen LogP contribution is -2.05. The van der Waals surface area contributed by atoms with Crippen LogP contribution in [-0.2, 0) is 6.54 Å². The molecule has 0 saturated heterocycles. The second kappa shape index (κ2) is 6.41. The Kier molecular flexibility index (Phi) is 4.36. The first-order valence-electron chi connectivity index (χ1n) is 6.37. The summed E-state index contributed by atoms with van der Waals surface area (Å²) in [6.45, 7) is 0.734. The molecule has 0 fully saturated rings. The highest BCUT2D eigenvalue weighted by molar-refractivity contribution is 9.13. The van der Waals surface area contributed by atoms with Crippen LogP contribution in [0.2, 0.25) is 0 Å². The molecule has 0 saturated carbocycles. The van der Waals surface area contributed by atoms with Crippen molar-refractivity contribution >= 4 is 37.5 Å². The summed E-state index contributed by atoms with van der Waals surface area (Å²) in [5.41, 5.74) is 3.19. The van der Waals surface area contributed by atoms with Crippen LogP contribution in [0.5, 0.6) is 0 Å². The molecule has 6 heteroatoms. The summed E-state index contributed by atoms with van der Waals surface area (Å²) < 4.78 is 3.85. The normalized spacial score (nSPS) is 10.6. The number of nitrogens with zero attached hydrogens (tertiary/aromatic N) is 3. The van der Waals surface area contributed by atoms with Crippen LogP contribution in [0, 0.1) is 0 Å². The molecular weight excluding hydrogens is 396 g/mol. The third-order valence-electron chi connectivity index (χ3n) is 3.04. The van der Waals surface area contributed by atoms with E-state index in [0.717, 1.165) is 26.9 Å². The molecule has 2 aromatic carbocycles. The van der Waals surface area contributed by atoms with Crippen molar-refractivity contribution in [3.05, 3.63) is 69.4 Å². The first-order valence-corrected chi connectivity index (χ1v) is 7.96. The van der Waals surface area contributed by atoms with Gasteiger partial charge in [0.25, 0.3) is 0 Å². The predicted octanol–water partition coefficient (Wildman–Crippen LogP) is 4.40. The number of hydrogen-bond donors (Lipinski definition) is 1. The summed E-state index contributed by atoms with van der Waals surface area (Å²) in [5.74, 6) is 0. The van der Waals surface area contributed by atoms with Crippen LogP contribution >= 0.6 is 31.9 Å². The standard InChI is InChI=1S/C15H12Br2N4/c16-12-6-5-11(9-13(12)17)10-18-14-3-1-2-4-15(14)21-8-7-19-20-21/h1-9,18H,10H2. The molecule has 21 heavy (non-hydrogen) atoms. The Labute approximate surface area is 139 Å². The van der Waals surface area contributed by atoms with Crippen LogP contribution in [0.15, 0.2) is 63.8 Å². The smallest absolute Gasteiger partial charge is 0.0894 e. The van der Waals surface area contributed by atoms with Crippen molar-refractivity contribution in [3.8, 4) is 5.69 Å². The predicted molar refractivity (Wildman–Crippen MR) is 90.5 cm³/mol. The van der Waals surface area contributed by atoms with E-state index >= 15 is 0 Å². The fourth-order valence-corrected chi connectivity index (χ4v) is 2.68. The zero-order valence-corrected chi connectivity index (χ0v) is 14.2. The van der Waals surface area contributed by atoms with E-state index in [9.17, 15) is 0 Å². The first-order chi connectivity index (χ1) is 10.2. The Morgan fingerprint density at radius 2 is 1.90 bits per heavy atom. The van der Waals surface area contributed by atoms with Crippen molar-refractivity contribution in [2.45, 2.75) is 6.54 Å². The van der Waals surface area contributed by atoms with Crippen molar-refractivity contribution in [1.29, 1.82) is 0 Å². The summed E-state index contributed by atoms with van der Waals surface area (Å²) in [6.07, 6.45) is 3.50. The van der Waals surface area contributed by atoms with E-state index in [1.807, 2.05) is 36.5 Å². The lowest BCUT2D eigenvalue weighted by atomic mass is 10.2. The third kappa shape index (κ3) is 3.33. The van der Waals surface area contributed by atoms with Crippen LogP contribution in [0.1, 0.15) is 5.56 Å². The van der Waals surface area contributed by atoms with Gasteiger partial charge in [0.15, 0.2) is 0 Å². The summed E-state index contributed by atoms with van der Waals surface area (Å²) in [4.78, 5) is 0. The highest BCUT2D eigenvalue weighted by Gasteiger charge is 2.05. The number of hydrogen-bond acceptors (Lipinski definition) is 3. The van der Waals surface area contributed by atoms with Gasteiger partial charge in [0.1, 0.15) is 0 Å². The fourth-order valence-electron chi connectivity index (χ4n) is 2.01. The zero-order chi connectivity index (χ0) is 14.7. The minimum absolute atomic E-state index is 0.734. The topological polar surface area (TPSA) is 42.7 Å². The fraction of sp³-hybridized carbons (Fsp3) is 0.0667. The summed E-state index contributed by atoms with van der Waals surface area (Å²) in [7, 11) is 0. The molecule has 0 aliphatic rings. The molecule has 0 amide bonds. The molecule has 0 radical (unpaired) electrons. The van der Waals surface area contributed by atoms with E-state index in [1.54, 1.807) is 10.9 Å². The van der Waals surface area contributed by atoms with Crippen LogP contribution in [-0.4, -0.2) is 15.0 Å². The lowest BCUT2D eigenvalue weighted by Gasteiger charge is -2.12. The van der Waals surface area contributed by atoms with Crippen molar-refractivity contribution in [1.82, 2.24) is 15.0 Å². The van der Waals surface area contributed by atoms with Crippen molar-refractivity contribution < 1.29 is 0 Å². The Balaban J connectivity index is 1.81. The number of anilines is 1. The van der Waals surface area contributed by atoms with E-state index in [0.29, 0.717) is 0 Å². The molecule has 0 aliphatic heterocycles. The molecule has 3 rings (SSSR count). The highest BCUT2D eigenvalue weighted by Crippen LogP contribution is 2.25. The molecule has 0 unspecified atom stereocenters. The van der Waals surface area contributed by atoms with Gasteiger partial charge < -0.3 is 5.32 Å². The summed E-state index contributed by atoms with van der Waals surface area (Å²) >= 11 is 7.00. The molecule has 1 heterocycles. The summed E-state index contributed by atoms with van der Waals surface area (Å²) in [6, 6.07) is 14.2. The van der Waals surface area contributed by atoms with E-state index in [4.69, 9.17) is 0 Å². The van der Waals surface area contributed by atoms with E-state index in [2.05, 4.69) is 59.6 Å². The van der Waals surface area contributed by atoms with Gasteiger partial charge in [-0.2, -0.15) is 0 Å². The molecule has 4 nitrogen and oxygen atoms in total. The number of halogens is 2. The van der Waals surface area contributed by atoms with Gasteiger partial charge in [0.2, 0.25) is 0 Å². The molecule has 0 atom stereocenters. The SMILES string of the molecule is Brc1ccc(CNc2ccccc2-n2ccnn2)cc1Br. The average Bonchev–Trinajstić information content (AvgIpc) is 3.03. The van der Waals surface area contributed by atoms with Crippen LogP contribution in [0.4, 0.5) is 5.69 Å². The second-order valence-corrected chi connectivity index (χ2v) is 6.18. The molecular formula is C15H12Br2N4. The maximum absolute atomic E-state index is 4.04. The summed E-state index contributed by atoms with van der Waals surface area (Å²) in [5, 5.41) is 11.3. The maximum Gasteiger partial charge on any atom is 0.0894 e. The second-order valence-electron chi connectivity index (χ2n) is 4.47. The van der Waals surface area contributed by atoms with Crippen LogP contribution < -0.4 is 5.32 Å². The zero-order valence-electron chi connectivity index (χ0n) is 11.0. The van der Waals surface area contributed by atoms with E-state index < -0.39 is 0 Å². The molecule has 0 spiro atoms. The number of para-hydroxylation sites is 2. The molecule has 1 N–H and O–H groups in total. The minimum atomic E-state index is 0.734. The molecule has 1 aromatic heterocycles. The van der Waals surface area contributed by atoms with Gasteiger partial charge in [-0.15, -0.1) is 5.10 Å². The minimum Gasteiger partial charge on any atom is -0.379 e. The van der Waals surface area contributed by atoms with Gasteiger partial charge in [-0.3, -0.25) is 0 Å². The number of benzene rings is 2. The van der Waals surface area contributed by atoms with Gasteiger partial charge in [-0.1, -0.05) is 23.4 Å². The maximum atomic E-state index is 4.04. The Hall–Kier alpha value is -1.66. The quantitative estimate of drug-likeness (QED) is 0.696. The number of aromatic nitrogens is 3. The molecule has 3 aromatic rings. The molecule has 106 valence electrons. The Morgan fingerprint density at radius 1 is 1.05 bits per heavy atom. The molecule has 0 bridgehead atoms. The largest absolute Gasteiger partial charge is 0.379 e. The van der Waals surface area contributed by atoms with Gasteiger partial charge in [-0.05, 0) is 61.7 Å². The average molecular weight is 408 g/mol. The van der Waals surface area contributed by atoms with Crippen molar-refractivity contribution in [3.63, 3.8) is 0 Å². The number of rotatable bonds is 4. The Bertz CT molecular complexity index is 741. The monoisotopic (exact) mass is 406 g/mol. The lowest BCUT2D eigenvalue weighted by molar-refractivity contribution is 0.803. The third-order valence-corrected chi connectivity index (χ3v) is 4.92. The van der Waals surface area contributed by atoms with Crippen LogP contribution in [0.25, 0.3) is 5.69 Å². The van der Waals surface area contributed by atoms with E-state index in [1.165, 1.54) is 5.56 Å². The van der Waals surface area contributed by atoms with Gasteiger partial charge in [0, 0.05) is 15.5 Å². The number of nitrogens with one attached hydrogen (secondary N) is 1. The van der Waals surface area contributed by atoms with Crippen molar-refractivity contribution in [2.75, 3.05) is 5.32 Å². The van der Waals surface area contributed by atoms with Gasteiger partial charge in [0.05, 0.1) is 23.8 Å². The van der Waals surface area contributed by atoms with Crippen molar-refractivity contribution in [2.24, 2.45) is 0 Å². The van der Waals surface area contributed by atoms with Gasteiger partial charge >= 0.3 is 0 Å².